The highest BCUT2D eigenvalue weighted by Crippen LogP contribution is 2.35. The van der Waals surface area contributed by atoms with Crippen molar-refractivity contribution in [1.29, 1.82) is 0 Å². The number of carbonyl (C=O) groups excluding carboxylic acids is 2. The molecule has 160 valence electrons. The van der Waals surface area contributed by atoms with Crippen LogP contribution < -0.4 is 10.2 Å². The Kier molecular flexibility index (Phi) is 6.04. The van der Waals surface area contributed by atoms with Crippen molar-refractivity contribution in [3.8, 4) is 0 Å². The molecule has 1 N–H and O–H groups in total. The molecule has 30 heavy (non-hydrogen) atoms. The second kappa shape index (κ2) is 8.71. The summed E-state index contributed by atoms with van der Waals surface area (Å²) in [6.07, 6.45) is 2.19. The molecule has 2 aliphatic rings. The minimum absolute atomic E-state index is 0.0270. The van der Waals surface area contributed by atoms with Crippen molar-refractivity contribution >= 4 is 34.0 Å². The molecule has 1 saturated heterocycles. The van der Waals surface area contributed by atoms with E-state index in [-0.39, 0.29) is 29.5 Å². The Hall–Kier alpha value is -2.48. The number of fused-ring (bicyclic) bond motifs is 1. The number of amides is 2. The summed E-state index contributed by atoms with van der Waals surface area (Å²) in [5.41, 5.74) is 1.58. The molecule has 1 atom stereocenters. The fourth-order valence-corrected chi connectivity index (χ4v) is 5.25. The van der Waals surface area contributed by atoms with Gasteiger partial charge in [-0.05, 0) is 37.5 Å². The first-order chi connectivity index (χ1) is 14.4. The molecule has 0 spiro atoms. The lowest BCUT2D eigenvalue weighted by molar-refractivity contribution is -0.134. The van der Waals surface area contributed by atoms with Crippen LogP contribution in [0.3, 0.4) is 0 Å². The van der Waals surface area contributed by atoms with Crippen molar-refractivity contribution in [3.05, 3.63) is 40.7 Å². The Morgan fingerprint density at radius 3 is 2.70 bits per heavy atom. The van der Waals surface area contributed by atoms with E-state index in [0.29, 0.717) is 12.1 Å². The molecule has 1 fully saturated rings. The van der Waals surface area contributed by atoms with Crippen LogP contribution in [0.4, 0.5) is 15.2 Å². The fraction of sp³-hybridized carbons (Fsp3) is 0.500. The summed E-state index contributed by atoms with van der Waals surface area (Å²) in [4.78, 5) is 35.0. The van der Waals surface area contributed by atoms with Gasteiger partial charge in [-0.15, -0.1) is 11.3 Å². The summed E-state index contributed by atoms with van der Waals surface area (Å²) in [7, 11) is 0. The number of nitrogens with one attached hydrogen (secondary N) is 1. The largest absolute Gasteiger partial charge is 0.345 e. The maximum Gasteiger partial charge on any atom is 0.227 e. The van der Waals surface area contributed by atoms with Crippen LogP contribution in [-0.4, -0.2) is 47.9 Å². The fourth-order valence-electron chi connectivity index (χ4n) is 4.01. The zero-order chi connectivity index (χ0) is 21.3. The zero-order valence-electron chi connectivity index (χ0n) is 17.4. The summed E-state index contributed by atoms with van der Waals surface area (Å²) < 4.78 is 13.4. The number of rotatable bonds is 4. The van der Waals surface area contributed by atoms with Gasteiger partial charge in [0.1, 0.15) is 5.82 Å². The maximum absolute atomic E-state index is 13.4. The van der Waals surface area contributed by atoms with Gasteiger partial charge in [-0.25, -0.2) is 9.37 Å². The van der Waals surface area contributed by atoms with E-state index in [0.717, 1.165) is 54.7 Å². The van der Waals surface area contributed by atoms with E-state index in [9.17, 15) is 14.0 Å². The predicted octanol–water partition coefficient (Wildman–Crippen LogP) is 3.33. The Morgan fingerprint density at radius 2 is 2.00 bits per heavy atom. The van der Waals surface area contributed by atoms with Crippen molar-refractivity contribution in [2.45, 2.75) is 33.1 Å². The van der Waals surface area contributed by atoms with Gasteiger partial charge in [0.25, 0.3) is 0 Å². The van der Waals surface area contributed by atoms with E-state index in [1.807, 2.05) is 18.7 Å². The van der Waals surface area contributed by atoms with Crippen molar-refractivity contribution in [2.24, 2.45) is 11.8 Å². The highest BCUT2D eigenvalue weighted by atomic mass is 32.1. The number of hydrogen-bond donors (Lipinski definition) is 1. The van der Waals surface area contributed by atoms with Crippen LogP contribution >= 0.6 is 11.3 Å². The number of aryl methyl sites for hydroxylation is 1. The summed E-state index contributed by atoms with van der Waals surface area (Å²) in [6, 6.07) is 5.98. The second-order valence-corrected chi connectivity index (χ2v) is 9.33. The highest BCUT2D eigenvalue weighted by molar-refractivity contribution is 7.15. The van der Waals surface area contributed by atoms with Gasteiger partial charge in [0.2, 0.25) is 11.8 Å². The van der Waals surface area contributed by atoms with Gasteiger partial charge in [-0.1, -0.05) is 19.9 Å². The van der Waals surface area contributed by atoms with E-state index in [2.05, 4.69) is 10.2 Å². The zero-order valence-corrected chi connectivity index (χ0v) is 18.2. The summed E-state index contributed by atoms with van der Waals surface area (Å²) in [6.45, 7) is 6.89. The number of hydrogen-bond acceptors (Lipinski definition) is 5. The molecule has 0 saturated carbocycles. The Balaban J connectivity index is 1.37. The molecule has 6 nitrogen and oxygen atoms in total. The Bertz CT molecular complexity index is 937. The summed E-state index contributed by atoms with van der Waals surface area (Å²) in [5, 5.41) is 3.82. The molecule has 1 aromatic carbocycles. The molecule has 1 aliphatic heterocycles. The first-order valence-corrected chi connectivity index (χ1v) is 11.3. The maximum atomic E-state index is 13.4. The van der Waals surface area contributed by atoms with Gasteiger partial charge in [0.05, 0.1) is 5.69 Å². The van der Waals surface area contributed by atoms with Crippen LogP contribution in [0.5, 0.6) is 0 Å². The number of thiazole rings is 1. The molecular formula is C22H27FN4O2S. The van der Waals surface area contributed by atoms with Gasteiger partial charge in [-0.2, -0.15) is 0 Å². The number of aromatic nitrogens is 1. The Labute approximate surface area is 180 Å². The van der Waals surface area contributed by atoms with E-state index in [4.69, 9.17) is 4.98 Å². The minimum Gasteiger partial charge on any atom is -0.345 e. The first kappa shape index (κ1) is 20.8. The lowest BCUT2D eigenvalue weighted by Crippen LogP contribution is -2.49. The van der Waals surface area contributed by atoms with Crippen LogP contribution in [0.1, 0.15) is 30.8 Å². The normalized spacial score (nSPS) is 19.0. The van der Waals surface area contributed by atoms with Crippen molar-refractivity contribution in [3.63, 3.8) is 0 Å². The molecule has 1 aliphatic carbocycles. The monoisotopic (exact) mass is 430 g/mol. The van der Waals surface area contributed by atoms with Gasteiger partial charge in [-0.3, -0.25) is 9.59 Å². The van der Waals surface area contributed by atoms with Gasteiger partial charge < -0.3 is 15.1 Å². The molecular weight excluding hydrogens is 403 g/mol. The van der Waals surface area contributed by atoms with Crippen LogP contribution in [0, 0.1) is 17.7 Å². The third-order valence-electron chi connectivity index (χ3n) is 5.75. The molecule has 2 amide bonds. The van der Waals surface area contributed by atoms with Crippen LogP contribution in [0.25, 0.3) is 0 Å². The minimum atomic E-state index is -0.360. The number of nitrogens with zero attached hydrogens (tertiary/aromatic N) is 3. The van der Waals surface area contributed by atoms with E-state index in [1.54, 1.807) is 23.5 Å². The van der Waals surface area contributed by atoms with Crippen LogP contribution in [0.2, 0.25) is 0 Å². The second-order valence-electron chi connectivity index (χ2n) is 8.27. The van der Waals surface area contributed by atoms with Crippen molar-refractivity contribution in [1.82, 2.24) is 9.88 Å². The third kappa shape index (κ3) is 4.48. The van der Waals surface area contributed by atoms with Gasteiger partial charge in [0.15, 0.2) is 5.13 Å². The third-order valence-corrected chi connectivity index (χ3v) is 6.93. The quantitative estimate of drug-likeness (QED) is 0.808. The topological polar surface area (TPSA) is 65.5 Å². The van der Waals surface area contributed by atoms with E-state index >= 15 is 0 Å². The summed E-state index contributed by atoms with van der Waals surface area (Å²) >= 11 is 1.66. The molecule has 4 rings (SSSR count). The molecule has 0 unspecified atom stereocenters. The predicted molar refractivity (Wildman–Crippen MR) is 116 cm³/mol. The summed E-state index contributed by atoms with van der Waals surface area (Å²) in [5.74, 6) is -0.322. The van der Waals surface area contributed by atoms with Crippen molar-refractivity contribution < 1.29 is 14.0 Å². The molecule has 2 heterocycles. The van der Waals surface area contributed by atoms with Gasteiger partial charge >= 0.3 is 0 Å². The van der Waals surface area contributed by atoms with Crippen LogP contribution in [0.15, 0.2) is 24.3 Å². The molecule has 2 aromatic rings. The SMILES string of the molecule is CC(C)C(=O)N1CCN(c2nc3c(s2)C[C@H](C(=O)Nc2cccc(F)c2)CC3)CC1. The number of benzene rings is 1. The molecule has 1 aromatic heterocycles. The number of piperazine rings is 1. The van der Waals surface area contributed by atoms with Crippen molar-refractivity contribution in [2.75, 3.05) is 36.4 Å². The standard InChI is InChI=1S/C22H27FN4O2S/c1-14(2)21(29)26-8-10-27(11-9-26)22-25-18-7-6-15(12-19(18)30-22)20(28)24-17-5-3-4-16(23)13-17/h3-5,13-15H,6-12H2,1-2H3,(H,24,28)/t15-/m1/s1. The lowest BCUT2D eigenvalue weighted by Gasteiger charge is -2.35. The number of anilines is 2. The number of carbonyl (C=O) groups is 2. The average Bonchev–Trinajstić information content (AvgIpc) is 3.16. The first-order valence-electron chi connectivity index (χ1n) is 10.5. The smallest absolute Gasteiger partial charge is 0.227 e. The average molecular weight is 431 g/mol. The molecule has 0 radical (unpaired) electrons. The van der Waals surface area contributed by atoms with E-state index < -0.39 is 0 Å². The Morgan fingerprint density at radius 1 is 1.23 bits per heavy atom. The van der Waals surface area contributed by atoms with Gasteiger partial charge in [0, 0.05) is 48.6 Å². The number of halogens is 1. The lowest BCUT2D eigenvalue weighted by atomic mass is 9.90. The molecule has 0 bridgehead atoms. The van der Waals surface area contributed by atoms with Crippen LogP contribution in [-0.2, 0) is 22.4 Å². The highest BCUT2D eigenvalue weighted by Gasteiger charge is 2.30. The van der Waals surface area contributed by atoms with E-state index in [1.165, 1.54) is 12.1 Å². The molecule has 8 heteroatoms.